The maximum absolute atomic E-state index is 13.1. The first-order chi connectivity index (χ1) is 11.9. The molecule has 1 aliphatic heterocycles. The van der Waals surface area contributed by atoms with Crippen LogP contribution < -0.4 is 0 Å². The molecule has 1 saturated heterocycles. The van der Waals surface area contributed by atoms with E-state index < -0.39 is 34.9 Å². The van der Waals surface area contributed by atoms with Gasteiger partial charge >= 0.3 is 12.3 Å². The normalized spacial score (nSPS) is 18.0. The summed E-state index contributed by atoms with van der Waals surface area (Å²) in [5.41, 5.74) is -1.99. The predicted molar refractivity (Wildman–Crippen MR) is 89.7 cm³/mol. The van der Waals surface area contributed by atoms with Gasteiger partial charge in [-0.05, 0) is 39.3 Å². The molecule has 1 aromatic rings. The highest BCUT2D eigenvalue weighted by atomic mass is 19.4. The summed E-state index contributed by atoms with van der Waals surface area (Å²) in [5.74, 6) is -0.714. The summed E-state index contributed by atoms with van der Waals surface area (Å²) in [6.07, 6.45) is -4.61. The molecule has 8 heteroatoms. The second-order valence-corrected chi connectivity index (χ2v) is 7.33. The summed E-state index contributed by atoms with van der Waals surface area (Å²) >= 11 is 0. The number of likely N-dealkylation sites (N-methyl/N-ethyl adjacent to an activating group) is 1. The van der Waals surface area contributed by atoms with Crippen molar-refractivity contribution < 1.29 is 27.5 Å². The van der Waals surface area contributed by atoms with Crippen LogP contribution >= 0.6 is 0 Å². The first-order valence-corrected chi connectivity index (χ1v) is 8.31. The molecule has 1 unspecified atom stereocenters. The molecule has 0 spiro atoms. The van der Waals surface area contributed by atoms with Crippen LogP contribution in [0.5, 0.6) is 0 Å². The molecule has 0 bridgehead atoms. The van der Waals surface area contributed by atoms with Crippen molar-refractivity contribution >= 4 is 12.0 Å². The molecule has 1 heterocycles. The van der Waals surface area contributed by atoms with Crippen molar-refractivity contribution in [3.05, 3.63) is 35.4 Å². The SMILES string of the molecule is CN(C(=O)c1ccccc1C(F)(F)F)C1CCN(C(=O)OC(C)(C)C)C1. The van der Waals surface area contributed by atoms with Gasteiger partial charge in [0.25, 0.3) is 5.91 Å². The lowest BCUT2D eigenvalue weighted by molar-refractivity contribution is -0.138. The van der Waals surface area contributed by atoms with Gasteiger partial charge in [-0.3, -0.25) is 4.79 Å². The van der Waals surface area contributed by atoms with Crippen LogP contribution in [0.1, 0.15) is 43.1 Å². The lowest BCUT2D eigenvalue weighted by Gasteiger charge is -2.27. The predicted octanol–water partition coefficient (Wildman–Crippen LogP) is 3.79. The van der Waals surface area contributed by atoms with Gasteiger partial charge in [0.1, 0.15) is 5.60 Å². The maximum Gasteiger partial charge on any atom is 0.417 e. The average molecular weight is 372 g/mol. The zero-order valence-electron chi connectivity index (χ0n) is 15.3. The highest BCUT2D eigenvalue weighted by Gasteiger charge is 2.38. The van der Waals surface area contributed by atoms with Crippen molar-refractivity contribution in [1.29, 1.82) is 0 Å². The number of rotatable bonds is 2. The number of alkyl halides is 3. The topological polar surface area (TPSA) is 49.9 Å². The van der Waals surface area contributed by atoms with E-state index in [1.54, 1.807) is 20.8 Å². The second-order valence-electron chi connectivity index (χ2n) is 7.33. The van der Waals surface area contributed by atoms with Crippen LogP contribution in [0.25, 0.3) is 0 Å². The fraction of sp³-hybridized carbons (Fsp3) is 0.556. The molecule has 0 saturated carbocycles. The van der Waals surface area contributed by atoms with Crippen LogP contribution in [0.2, 0.25) is 0 Å². The second kappa shape index (κ2) is 7.17. The number of likely N-dealkylation sites (tertiary alicyclic amines) is 1. The van der Waals surface area contributed by atoms with Crippen molar-refractivity contribution in [3.63, 3.8) is 0 Å². The number of amides is 2. The zero-order valence-corrected chi connectivity index (χ0v) is 15.3. The third kappa shape index (κ3) is 4.68. The van der Waals surface area contributed by atoms with E-state index in [4.69, 9.17) is 4.74 Å². The highest BCUT2D eigenvalue weighted by molar-refractivity contribution is 5.96. The summed E-state index contributed by atoms with van der Waals surface area (Å²) in [5, 5.41) is 0. The molecular weight excluding hydrogens is 349 g/mol. The first kappa shape index (κ1) is 20.1. The van der Waals surface area contributed by atoms with Gasteiger partial charge in [0, 0.05) is 20.1 Å². The van der Waals surface area contributed by atoms with E-state index in [9.17, 15) is 22.8 Å². The lowest BCUT2D eigenvalue weighted by atomic mass is 10.0. The number of ether oxygens (including phenoxy) is 1. The Hall–Kier alpha value is -2.25. The lowest BCUT2D eigenvalue weighted by Crippen LogP contribution is -2.41. The fourth-order valence-electron chi connectivity index (χ4n) is 2.82. The molecule has 1 atom stereocenters. The van der Waals surface area contributed by atoms with Crippen molar-refractivity contribution in [2.75, 3.05) is 20.1 Å². The Morgan fingerprint density at radius 2 is 1.81 bits per heavy atom. The molecule has 0 aliphatic carbocycles. The summed E-state index contributed by atoms with van der Waals surface area (Å²) in [6, 6.07) is 4.35. The van der Waals surface area contributed by atoms with Crippen molar-refractivity contribution in [2.45, 2.75) is 45.0 Å². The summed E-state index contributed by atoms with van der Waals surface area (Å²) in [7, 11) is 1.46. The first-order valence-electron chi connectivity index (χ1n) is 8.31. The van der Waals surface area contributed by atoms with Gasteiger partial charge in [-0.2, -0.15) is 13.2 Å². The Morgan fingerprint density at radius 3 is 2.38 bits per heavy atom. The number of benzene rings is 1. The minimum absolute atomic E-state index is 0.228. The summed E-state index contributed by atoms with van der Waals surface area (Å²) in [6.45, 7) is 5.87. The molecule has 0 radical (unpaired) electrons. The molecule has 1 aliphatic rings. The van der Waals surface area contributed by atoms with Crippen LogP contribution in [0.3, 0.4) is 0 Å². The highest BCUT2D eigenvalue weighted by Crippen LogP contribution is 2.32. The minimum atomic E-state index is -4.61. The fourth-order valence-corrected chi connectivity index (χ4v) is 2.82. The van der Waals surface area contributed by atoms with E-state index in [0.29, 0.717) is 13.0 Å². The Balaban J connectivity index is 2.10. The summed E-state index contributed by atoms with van der Waals surface area (Å²) < 4.78 is 44.7. The van der Waals surface area contributed by atoms with E-state index in [0.717, 1.165) is 6.07 Å². The van der Waals surface area contributed by atoms with Gasteiger partial charge < -0.3 is 14.5 Å². The molecule has 144 valence electrons. The van der Waals surface area contributed by atoms with Crippen molar-refractivity contribution in [3.8, 4) is 0 Å². The van der Waals surface area contributed by atoms with Crippen molar-refractivity contribution in [2.24, 2.45) is 0 Å². The molecular formula is C18H23F3N2O3. The van der Waals surface area contributed by atoms with Crippen molar-refractivity contribution in [1.82, 2.24) is 9.80 Å². The van der Waals surface area contributed by atoms with Crippen LogP contribution in [0.4, 0.5) is 18.0 Å². The average Bonchev–Trinajstić information content (AvgIpc) is 3.01. The van der Waals surface area contributed by atoms with Gasteiger partial charge in [0.2, 0.25) is 0 Å². The van der Waals surface area contributed by atoms with Gasteiger partial charge in [-0.1, -0.05) is 12.1 Å². The minimum Gasteiger partial charge on any atom is -0.444 e. The number of nitrogens with zero attached hydrogens (tertiary/aromatic N) is 2. The number of carbonyl (C=O) groups excluding carboxylic acids is 2. The largest absolute Gasteiger partial charge is 0.444 e. The third-order valence-corrected chi connectivity index (χ3v) is 4.15. The monoisotopic (exact) mass is 372 g/mol. The summed E-state index contributed by atoms with van der Waals surface area (Å²) in [4.78, 5) is 27.4. The standard InChI is InChI=1S/C18H23F3N2O3/c1-17(2,3)26-16(25)23-10-9-12(11-23)22(4)15(24)13-7-5-6-8-14(13)18(19,20)21/h5-8,12H,9-11H2,1-4H3. The number of hydrogen-bond donors (Lipinski definition) is 0. The number of halogens is 3. The van der Waals surface area contributed by atoms with Crippen LogP contribution in [-0.2, 0) is 10.9 Å². The van der Waals surface area contributed by atoms with Gasteiger partial charge in [-0.15, -0.1) is 0 Å². The van der Waals surface area contributed by atoms with Crippen LogP contribution in [-0.4, -0.2) is 53.6 Å². The molecule has 2 rings (SSSR count). The van der Waals surface area contributed by atoms with Gasteiger partial charge in [0.15, 0.2) is 0 Å². The Bertz CT molecular complexity index is 683. The Morgan fingerprint density at radius 1 is 1.19 bits per heavy atom. The van der Waals surface area contributed by atoms with E-state index >= 15 is 0 Å². The van der Waals surface area contributed by atoms with Gasteiger partial charge in [0.05, 0.1) is 17.2 Å². The quantitative estimate of drug-likeness (QED) is 0.794. The molecule has 1 aromatic carbocycles. The maximum atomic E-state index is 13.1. The number of carbonyl (C=O) groups is 2. The zero-order chi connectivity index (χ0) is 19.7. The van der Waals surface area contributed by atoms with Gasteiger partial charge in [-0.25, -0.2) is 4.79 Å². The Kier molecular flexibility index (Phi) is 5.53. The molecule has 0 aromatic heterocycles. The van der Waals surface area contributed by atoms with E-state index in [2.05, 4.69) is 0 Å². The molecule has 2 amide bonds. The van der Waals surface area contributed by atoms with E-state index in [1.807, 2.05) is 0 Å². The molecule has 26 heavy (non-hydrogen) atoms. The van der Waals surface area contributed by atoms with E-state index in [1.165, 1.54) is 35.0 Å². The Labute approximate surface area is 150 Å². The smallest absolute Gasteiger partial charge is 0.417 e. The molecule has 0 N–H and O–H groups in total. The third-order valence-electron chi connectivity index (χ3n) is 4.15. The van der Waals surface area contributed by atoms with Crippen LogP contribution in [0.15, 0.2) is 24.3 Å². The van der Waals surface area contributed by atoms with E-state index in [-0.39, 0.29) is 12.6 Å². The number of hydrogen-bond acceptors (Lipinski definition) is 3. The van der Waals surface area contributed by atoms with Crippen LogP contribution in [0, 0.1) is 0 Å². The molecule has 5 nitrogen and oxygen atoms in total. The molecule has 1 fully saturated rings.